The van der Waals surface area contributed by atoms with E-state index in [-0.39, 0.29) is 47.7 Å². The van der Waals surface area contributed by atoms with Gasteiger partial charge in [0.05, 0.1) is 17.4 Å². The normalized spacial score (nSPS) is 22.4. The molecule has 12 heteroatoms. The van der Waals surface area contributed by atoms with Crippen molar-refractivity contribution in [2.24, 2.45) is 0 Å². The number of carboxylic acids is 1. The largest absolute Gasteiger partial charge is 0.573 e. The fraction of sp³-hybridized carbons (Fsp3) is 0.414. The van der Waals surface area contributed by atoms with Crippen molar-refractivity contribution in [1.29, 1.82) is 0 Å². The summed E-state index contributed by atoms with van der Waals surface area (Å²) in [7, 11) is 0. The van der Waals surface area contributed by atoms with Gasteiger partial charge in [0.15, 0.2) is 5.69 Å². The number of benzene rings is 2. The number of piperidine rings is 1. The summed E-state index contributed by atoms with van der Waals surface area (Å²) < 4.78 is 60.6. The average Bonchev–Trinajstić information content (AvgIpc) is 3.44. The smallest absolute Gasteiger partial charge is 0.476 e. The Balaban J connectivity index is 1.09. The summed E-state index contributed by atoms with van der Waals surface area (Å²) in [6.07, 6.45) is 0.721. The van der Waals surface area contributed by atoms with Gasteiger partial charge in [0.1, 0.15) is 17.2 Å². The molecule has 2 aromatic heterocycles. The van der Waals surface area contributed by atoms with Crippen LogP contribution in [0.25, 0.3) is 21.3 Å². The number of alkyl halides is 3. The Bertz CT molecular complexity index is 1600. The summed E-state index contributed by atoms with van der Waals surface area (Å²) >= 11 is 1.19. The SMILES string of the molecule is O=C(O)c1nsc2cc(N3C4CC[C@H]3CC(OCc3c(-c5ccccc5OC(F)(F)F)noc3C3CC3)C4)ccc12. The molecule has 8 nitrogen and oxygen atoms in total. The fourth-order valence-corrected chi connectivity index (χ4v) is 7.14. The highest BCUT2D eigenvalue weighted by Gasteiger charge is 2.42. The Morgan fingerprint density at radius 3 is 2.56 bits per heavy atom. The Labute approximate surface area is 236 Å². The molecule has 2 saturated heterocycles. The number of carboxylic acid groups (broad SMARTS) is 1. The minimum Gasteiger partial charge on any atom is -0.476 e. The van der Waals surface area contributed by atoms with Crippen LogP contribution >= 0.6 is 11.5 Å². The van der Waals surface area contributed by atoms with Crippen LogP contribution in [0.1, 0.15) is 66.3 Å². The van der Waals surface area contributed by atoms with E-state index in [1.807, 2.05) is 18.2 Å². The molecule has 2 bridgehead atoms. The molecule has 214 valence electrons. The summed E-state index contributed by atoms with van der Waals surface area (Å²) in [6.45, 7) is 0.194. The maximum atomic E-state index is 13.1. The van der Waals surface area contributed by atoms with E-state index in [0.29, 0.717) is 22.4 Å². The molecule has 3 atom stereocenters. The molecule has 0 spiro atoms. The van der Waals surface area contributed by atoms with Crippen molar-refractivity contribution in [3.8, 4) is 17.0 Å². The Kier molecular flexibility index (Phi) is 6.42. The molecule has 2 unspecified atom stereocenters. The van der Waals surface area contributed by atoms with Crippen LogP contribution in [0.5, 0.6) is 5.75 Å². The number of nitrogens with zero attached hydrogens (tertiary/aromatic N) is 3. The lowest BCUT2D eigenvalue weighted by Gasteiger charge is -2.40. The molecule has 1 aliphatic carbocycles. The third-order valence-electron chi connectivity index (χ3n) is 8.24. The molecule has 1 saturated carbocycles. The van der Waals surface area contributed by atoms with Crippen LogP contribution in [0.2, 0.25) is 0 Å². The minimum atomic E-state index is -4.83. The standard InChI is InChI=1S/C29H26F3N3O5S/c30-29(31,32)39-23-4-2-1-3-20(23)25-22(27(40-33-25)15-5-6-15)14-38-19-11-16-7-8-17(12-19)35(16)18-9-10-21-24(13-18)41-34-26(21)28(36)37/h1-4,9-10,13,15-17,19H,5-8,11-12,14H2,(H,36,37)/t16-,17?,19?/m0/s1. The first-order valence-electron chi connectivity index (χ1n) is 13.6. The third kappa shape index (κ3) is 5.03. The number of fused-ring (bicyclic) bond motifs is 3. The van der Waals surface area contributed by atoms with Crippen molar-refractivity contribution < 1.29 is 37.1 Å². The van der Waals surface area contributed by atoms with Gasteiger partial charge >= 0.3 is 12.3 Å². The number of aromatic carboxylic acids is 1. The predicted octanol–water partition coefficient (Wildman–Crippen LogP) is 7.14. The molecule has 0 radical (unpaired) electrons. The van der Waals surface area contributed by atoms with E-state index < -0.39 is 12.3 Å². The summed E-state index contributed by atoms with van der Waals surface area (Å²) in [6, 6.07) is 12.3. The second-order valence-electron chi connectivity index (χ2n) is 10.9. The summed E-state index contributed by atoms with van der Waals surface area (Å²) in [5, 5.41) is 14.2. The highest BCUT2D eigenvalue weighted by Crippen LogP contribution is 2.47. The van der Waals surface area contributed by atoms with Crippen molar-refractivity contribution in [2.45, 2.75) is 75.6 Å². The lowest BCUT2D eigenvalue weighted by molar-refractivity contribution is -0.274. The molecular weight excluding hydrogens is 559 g/mol. The molecule has 3 aliphatic rings. The number of carbonyl (C=O) groups is 1. The van der Waals surface area contributed by atoms with Gasteiger partial charge in [0, 0.05) is 40.2 Å². The molecule has 3 fully saturated rings. The van der Waals surface area contributed by atoms with Gasteiger partial charge in [-0.05, 0) is 80.4 Å². The topological polar surface area (TPSA) is 97.9 Å². The lowest BCUT2D eigenvalue weighted by atomic mass is 9.98. The van der Waals surface area contributed by atoms with Crippen molar-refractivity contribution in [2.75, 3.05) is 4.90 Å². The van der Waals surface area contributed by atoms with Crippen molar-refractivity contribution in [3.05, 3.63) is 59.5 Å². The van der Waals surface area contributed by atoms with Crippen LogP contribution < -0.4 is 9.64 Å². The summed E-state index contributed by atoms with van der Waals surface area (Å²) in [4.78, 5) is 13.9. The van der Waals surface area contributed by atoms with Gasteiger partial charge in [0.2, 0.25) is 0 Å². The van der Waals surface area contributed by atoms with Crippen LogP contribution in [0.4, 0.5) is 18.9 Å². The van der Waals surface area contributed by atoms with Gasteiger partial charge in [0.25, 0.3) is 0 Å². The maximum absolute atomic E-state index is 13.1. The van der Waals surface area contributed by atoms with Gasteiger partial charge in [-0.1, -0.05) is 17.3 Å². The van der Waals surface area contributed by atoms with Gasteiger partial charge in [-0.15, -0.1) is 13.2 Å². The molecule has 2 aliphatic heterocycles. The van der Waals surface area contributed by atoms with Gasteiger partial charge in [-0.2, -0.15) is 4.37 Å². The van der Waals surface area contributed by atoms with E-state index in [0.717, 1.165) is 48.9 Å². The van der Waals surface area contributed by atoms with E-state index in [4.69, 9.17) is 9.26 Å². The molecule has 1 N–H and O–H groups in total. The summed E-state index contributed by atoms with van der Waals surface area (Å²) in [5.74, 6) is -0.469. The Morgan fingerprint density at radius 2 is 1.85 bits per heavy atom. The van der Waals surface area contributed by atoms with E-state index >= 15 is 0 Å². The Morgan fingerprint density at radius 1 is 1.10 bits per heavy atom. The van der Waals surface area contributed by atoms with Crippen molar-refractivity contribution in [3.63, 3.8) is 0 Å². The molecule has 4 aromatic rings. The minimum absolute atomic E-state index is 0.0222. The van der Waals surface area contributed by atoms with Gasteiger partial charge < -0.3 is 24.0 Å². The molecule has 4 heterocycles. The highest BCUT2D eigenvalue weighted by molar-refractivity contribution is 7.13. The van der Waals surface area contributed by atoms with Gasteiger partial charge in [-0.3, -0.25) is 0 Å². The lowest BCUT2D eigenvalue weighted by Crippen LogP contribution is -2.45. The first kappa shape index (κ1) is 26.3. The van der Waals surface area contributed by atoms with Crippen LogP contribution in [0, 0.1) is 0 Å². The molecule has 41 heavy (non-hydrogen) atoms. The monoisotopic (exact) mass is 585 g/mol. The number of aromatic nitrogens is 2. The van der Waals surface area contributed by atoms with Crippen LogP contribution in [0.15, 0.2) is 47.0 Å². The number of hydrogen-bond acceptors (Lipinski definition) is 8. The van der Waals surface area contributed by atoms with Crippen molar-refractivity contribution >= 4 is 33.3 Å². The van der Waals surface area contributed by atoms with Crippen LogP contribution in [-0.2, 0) is 11.3 Å². The molecule has 0 amide bonds. The number of rotatable bonds is 8. The van der Waals surface area contributed by atoms with E-state index in [1.54, 1.807) is 12.1 Å². The molecular formula is C29H26F3N3O5S. The zero-order valence-corrected chi connectivity index (χ0v) is 22.6. The Hall–Kier alpha value is -3.64. The number of halogens is 3. The zero-order valence-electron chi connectivity index (χ0n) is 21.8. The fourth-order valence-electron chi connectivity index (χ4n) is 6.34. The highest BCUT2D eigenvalue weighted by atomic mass is 32.1. The second-order valence-corrected chi connectivity index (χ2v) is 11.7. The summed E-state index contributed by atoms with van der Waals surface area (Å²) in [5.41, 5.74) is 2.37. The maximum Gasteiger partial charge on any atom is 0.573 e. The first-order chi connectivity index (χ1) is 19.7. The van der Waals surface area contributed by atoms with E-state index in [9.17, 15) is 23.1 Å². The van der Waals surface area contributed by atoms with E-state index in [1.165, 1.54) is 23.7 Å². The van der Waals surface area contributed by atoms with Crippen molar-refractivity contribution in [1.82, 2.24) is 9.53 Å². The van der Waals surface area contributed by atoms with E-state index in [2.05, 4.69) is 19.2 Å². The number of para-hydroxylation sites is 1. The quantitative estimate of drug-likeness (QED) is 0.233. The van der Waals surface area contributed by atoms with Crippen LogP contribution in [0.3, 0.4) is 0 Å². The number of ether oxygens (including phenoxy) is 2. The third-order valence-corrected chi connectivity index (χ3v) is 9.05. The first-order valence-corrected chi connectivity index (χ1v) is 14.4. The predicted molar refractivity (Wildman–Crippen MR) is 144 cm³/mol. The van der Waals surface area contributed by atoms with Gasteiger partial charge in [-0.25, -0.2) is 4.79 Å². The van der Waals surface area contributed by atoms with Crippen LogP contribution in [-0.4, -0.2) is 45.2 Å². The average molecular weight is 586 g/mol. The zero-order chi connectivity index (χ0) is 28.3. The number of hydrogen-bond donors (Lipinski definition) is 1. The second kappa shape index (κ2) is 10.0. The molecule has 2 aromatic carbocycles. The number of anilines is 1. The molecule has 7 rings (SSSR count).